The smallest absolute Gasteiger partial charge is 0.254 e. The van der Waals surface area contributed by atoms with Crippen molar-refractivity contribution in [3.8, 4) is 16.9 Å². The van der Waals surface area contributed by atoms with Gasteiger partial charge in [0, 0.05) is 25.7 Å². The van der Waals surface area contributed by atoms with E-state index in [1.807, 2.05) is 47.4 Å². The lowest BCUT2D eigenvalue weighted by Crippen LogP contribution is -2.54. The number of carbonyl (C=O) groups is 2. The van der Waals surface area contributed by atoms with Crippen LogP contribution in [0.3, 0.4) is 0 Å². The number of ether oxygens (including phenoxy) is 1. The molecule has 0 aliphatic carbocycles. The third-order valence-electron chi connectivity index (χ3n) is 6.52. The van der Waals surface area contributed by atoms with Crippen LogP contribution in [0, 0.1) is 5.41 Å². The first-order valence-corrected chi connectivity index (χ1v) is 11.4. The van der Waals surface area contributed by atoms with E-state index >= 15 is 0 Å². The molecule has 170 valence electrons. The van der Waals surface area contributed by atoms with Gasteiger partial charge in [0.2, 0.25) is 5.91 Å². The van der Waals surface area contributed by atoms with Crippen molar-refractivity contribution in [1.82, 2.24) is 10.2 Å². The number of rotatable bonds is 6. The Balaban J connectivity index is 1.66. The predicted octanol–water partition coefficient (Wildman–Crippen LogP) is 4.57. The second kappa shape index (κ2) is 9.90. The minimum absolute atomic E-state index is 0.0199. The van der Waals surface area contributed by atoms with Crippen molar-refractivity contribution >= 4 is 11.8 Å². The van der Waals surface area contributed by atoms with Gasteiger partial charge in [0.25, 0.3) is 5.91 Å². The number of methoxy groups -OCH3 is 1. The van der Waals surface area contributed by atoms with Gasteiger partial charge in [-0.2, -0.15) is 0 Å². The third kappa shape index (κ3) is 4.77. The Morgan fingerprint density at radius 1 is 1.00 bits per heavy atom. The lowest BCUT2D eigenvalue weighted by molar-refractivity contribution is -0.133. The molecule has 0 bridgehead atoms. The van der Waals surface area contributed by atoms with E-state index in [2.05, 4.69) is 29.6 Å². The fourth-order valence-corrected chi connectivity index (χ4v) is 4.86. The summed E-state index contributed by atoms with van der Waals surface area (Å²) < 4.78 is 5.29. The molecule has 1 fully saturated rings. The molecule has 1 aliphatic rings. The Hall–Kier alpha value is -3.60. The second-order valence-corrected chi connectivity index (χ2v) is 8.62. The number of likely N-dealkylation sites (tertiary alicyclic amines) is 1. The summed E-state index contributed by atoms with van der Waals surface area (Å²) in [6.45, 7) is 1.01. The molecular formula is C28H30N2O3. The maximum Gasteiger partial charge on any atom is 0.254 e. The first kappa shape index (κ1) is 22.6. The number of hydrogen-bond donors (Lipinski definition) is 1. The largest absolute Gasteiger partial charge is 0.497 e. The van der Waals surface area contributed by atoms with E-state index in [0.29, 0.717) is 30.8 Å². The molecule has 5 nitrogen and oxygen atoms in total. The number of piperidine rings is 1. The summed E-state index contributed by atoms with van der Waals surface area (Å²) in [7, 11) is 3.27. The first-order valence-electron chi connectivity index (χ1n) is 11.4. The van der Waals surface area contributed by atoms with Crippen LogP contribution in [0.25, 0.3) is 11.1 Å². The van der Waals surface area contributed by atoms with Crippen molar-refractivity contribution in [2.75, 3.05) is 27.2 Å². The van der Waals surface area contributed by atoms with E-state index in [-0.39, 0.29) is 11.8 Å². The van der Waals surface area contributed by atoms with E-state index in [4.69, 9.17) is 4.74 Å². The van der Waals surface area contributed by atoms with Crippen LogP contribution in [0.5, 0.6) is 5.75 Å². The average Bonchev–Trinajstić information content (AvgIpc) is 2.88. The van der Waals surface area contributed by atoms with Gasteiger partial charge in [-0.3, -0.25) is 9.59 Å². The van der Waals surface area contributed by atoms with Gasteiger partial charge in [0.05, 0.1) is 12.5 Å². The van der Waals surface area contributed by atoms with Gasteiger partial charge in [0.1, 0.15) is 5.75 Å². The molecule has 0 spiro atoms. The molecule has 1 N–H and O–H groups in total. The Kier molecular flexibility index (Phi) is 6.78. The number of nitrogens with zero attached hydrogens (tertiary/aromatic N) is 1. The molecule has 5 heteroatoms. The normalized spacial score (nSPS) is 17.9. The molecule has 33 heavy (non-hydrogen) atoms. The molecule has 1 atom stereocenters. The Morgan fingerprint density at radius 2 is 1.76 bits per heavy atom. The maximum atomic E-state index is 13.3. The van der Waals surface area contributed by atoms with Crippen molar-refractivity contribution in [3.05, 3.63) is 90.0 Å². The third-order valence-corrected chi connectivity index (χ3v) is 6.52. The summed E-state index contributed by atoms with van der Waals surface area (Å²) in [6, 6.07) is 25.7. The Labute approximate surface area is 195 Å². The highest BCUT2D eigenvalue weighted by molar-refractivity contribution is 5.95. The highest BCUT2D eigenvalue weighted by atomic mass is 16.5. The fourth-order valence-electron chi connectivity index (χ4n) is 4.86. The van der Waals surface area contributed by atoms with Crippen LogP contribution in [-0.2, 0) is 11.2 Å². The molecule has 3 aromatic rings. The fraction of sp³-hybridized carbons (Fsp3) is 0.286. The van der Waals surface area contributed by atoms with Gasteiger partial charge in [0.15, 0.2) is 0 Å². The zero-order valence-electron chi connectivity index (χ0n) is 19.2. The molecule has 1 saturated heterocycles. The summed E-state index contributed by atoms with van der Waals surface area (Å²) in [4.78, 5) is 28.4. The number of carbonyl (C=O) groups excluding carboxylic acids is 2. The van der Waals surface area contributed by atoms with Gasteiger partial charge in [-0.05, 0) is 54.2 Å². The highest BCUT2D eigenvalue weighted by Gasteiger charge is 2.43. The summed E-state index contributed by atoms with van der Waals surface area (Å²) in [6.07, 6.45) is 2.08. The van der Waals surface area contributed by atoms with Gasteiger partial charge in [-0.15, -0.1) is 0 Å². The second-order valence-electron chi connectivity index (χ2n) is 8.62. The summed E-state index contributed by atoms with van der Waals surface area (Å²) in [5.41, 5.74) is 3.25. The highest BCUT2D eigenvalue weighted by Crippen LogP contribution is 2.37. The molecule has 4 rings (SSSR count). The molecule has 1 aliphatic heterocycles. The van der Waals surface area contributed by atoms with Crippen molar-refractivity contribution < 1.29 is 14.3 Å². The molecule has 0 radical (unpaired) electrons. The van der Waals surface area contributed by atoms with Crippen molar-refractivity contribution in [2.24, 2.45) is 5.41 Å². The molecule has 2 amide bonds. The van der Waals surface area contributed by atoms with Gasteiger partial charge < -0.3 is 15.0 Å². The lowest BCUT2D eigenvalue weighted by atomic mass is 9.73. The van der Waals surface area contributed by atoms with Crippen LogP contribution in [-0.4, -0.2) is 44.0 Å². The van der Waals surface area contributed by atoms with Crippen molar-refractivity contribution in [2.45, 2.75) is 19.3 Å². The topological polar surface area (TPSA) is 58.6 Å². The van der Waals surface area contributed by atoms with E-state index in [1.165, 1.54) is 0 Å². The van der Waals surface area contributed by atoms with E-state index in [1.54, 1.807) is 26.3 Å². The lowest BCUT2D eigenvalue weighted by Gasteiger charge is -2.42. The van der Waals surface area contributed by atoms with E-state index in [9.17, 15) is 9.59 Å². The average molecular weight is 443 g/mol. The minimum Gasteiger partial charge on any atom is -0.497 e. The van der Waals surface area contributed by atoms with Crippen LogP contribution in [0.2, 0.25) is 0 Å². The van der Waals surface area contributed by atoms with Gasteiger partial charge in [-0.1, -0.05) is 60.7 Å². The number of hydrogen-bond acceptors (Lipinski definition) is 3. The molecule has 1 heterocycles. The standard InChI is InChI=1S/C28H30N2O3/c1-29-27(32)28(19-23-12-6-7-15-25(23)21-10-4-3-5-11-21)16-9-17-30(20-28)26(31)22-13-8-14-24(18-22)33-2/h3-8,10-15,18H,9,16-17,19-20H2,1-2H3,(H,29,32)/t28-/m1/s1. The quantitative estimate of drug-likeness (QED) is 0.608. The van der Waals surface area contributed by atoms with Crippen LogP contribution < -0.4 is 10.1 Å². The van der Waals surface area contributed by atoms with Crippen molar-refractivity contribution in [1.29, 1.82) is 0 Å². The van der Waals surface area contributed by atoms with Crippen LogP contribution in [0.1, 0.15) is 28.8 Å². The molecule has 0 saturated carbocycles. The van der Waals surface area contributed by atoms with Crippen LogP contribution >= 0.6 is 0 Å². The Morgan fingerprint density at radius 3 is 2.52 bits per heavy atom. The zero-order valence-corrected chi connectivity index (χ0v) is 19.2. The summed E-state index contributed by atoms with van der Waals surface area (Å²) >= 11 is 0. The summed E-state index contributed by atoms with van der Waals surface area (Å²) in [5.74, 6) is 0.555. The Bertz CT molecular complexity index is 1130. The number of nitrogens with one attached hydrogen (secondary N) is 1. The van der Waals surface area contributed by atoms with Crippen LogP contribution in [0.15, 0.2) is 78.9 Å². The van der Waals surface area contributed by atoms with E-state index < -0.39 is 5.41 Å². The molecular weight excluding hydrogens is 412 g/mol. The molecule has 0 aromatic heterocycles. The van der Waals surface area contributed by atoms with Crippen molar-refractivity contribution in [3.63, 3.8) is 0 Å². The predicted molar refractivity (Wildman–Crippen MR) is 130 cm³/mol. The minimum atomic E-state index is -0.688. The summed E-state index contributed by atoms with van der Waals surface area (Å²) in [5, 5.41) is 2.88. The number of amides is 2. The number of benzene rings is 3. The van der Waals surface area contributed by atoms with Gasteiger partial charge in [-0.25, -0.2) is 0 Å². The monoisotopic (exact) mass is 442 g/mol. The van der Waals surface area contributed by atoms with Gasteiger partial charge >= 0.3 is 0 Å². The first-order chi connectivity index (χ1) is 16.1. The SMILES string of the molecule is CNC(=O)[C@@]1(Cc2ccccc2-c2ccccc2)CCCN(C(=O)c2cccc(OC)c2)C1. The van der Waals surface area contributed by atoms with Crippen LogP contribution in [0.4, 0.5) is 0 Å². The zero-order chi connectivity index (χ0) is 23.3. The van der Waals surface area contributed by atoms with E-state index in [0.717, 1.165) is 29.5 Å². The maximum absolute atomic E-state index is 13.3. The molecule has 3 aromatic carbocycles. The molecule has 0 unspecified atom stereocenters.